The number of carbonyl (C=O) groups excluding carboxylic acids is 2. The van der Waals surface area contributed by atoms with Gasteiger partial charge in [0.25, 0.3) is 0 Å². The van der Waals surface area contributed by atoms with Crippen LogP contribution >= 0.6 is 0 Å². The average molecular weight is 480 g/mol. The highest BCUT2D eigenvalue weighted by Crippen LogP contribution is 2.35. The van der Waals surface area contributed by atoms with Crippen molar-refractivity contribution in [3.05, 3.63) is 47.7 Å². The highest BCUT2D eigenvalue weighted by Gasteiger charge is 2.34. The molecule has 2 fully saturated rings. The average Bonchev–Trinajstić information content (AvgIpc) is 3.28. The van der Waals surface area contributed by atoms with Gasteiger partial charge in [-0.25, -0.2) is 4.98 Å². The van der Waals surface area contributed by atoms with Crippen LogP contribution in [0.1, 0.15) is 50.3 Å². The van der Waals surface area contributed by atoms with Crippen molar-refractivity contribution < 1.29 is 14.3 Å². The molecule has 8 heteroatoms. The van der Waals surface area contributed by atoms with E-state index < -0.39 is 11.8 Å². The van der Waals surface area contributed by atoms with E-state index in [1.165, 1.54) is 6.20 Å². The third-order valence-corrected chi connectivity index (χ3v) is 7.13. The first-order valence-electron chi connectivity index (χ1n) is 12.6. The predicted octanol–water partition coefficient (Wildman–Crippen LogP) is 3.50. The SMILES string of the molecule is CCc1cc(NC(=O)C(=O)N2C[C@@H](C)CC[C@@H]2c2cccc(OC[C@@H]3CCN(C)C3)c2)cnc1N. The number of nitrogens with one attached hydrogen (secondary N) is 1. The summed E-state index contributed by atoms with van der Waals surface area (Å²) in [6.45, 7) is 7.48. The maximum Gasteiger partial charge on any atom is 0.313 e. The molecule has 4 rings (SSSR count). The normalized spacial score (nSPS) is 22.7. The Bertz CT molecular complexity index is 1060. The standard InChI is InChI=1S/C27H37N5O3/c1-4-20-12-22(14-29-25(20)28)30-26(33)27(34)32-15-18(2)8-9-24(32)21-6-5-7-23(13-21)35-17-19-10-11-31(3)16-19/h5-7,12-14,18-19,24H,4,8-11,15-17H2,1-3H3,(H2,28,29)(H,30,33)/t18-,19+,24+/m0/s1. The summed E-state index contributed by atoms with van der Waals surface area (Å²) in [7, 11) is 2.14. The van der Waals surface area contributed by atoms with Crippen molar-refractivity contribution in [1.82, 2.24) is 14.8 Å². The maximum absolute atomic E-state index is 13.3. The summed E-state index contributed by atoms with van der Waals surface area (Å²) in [5, 5.41) is 2.72. The van der Waals surface area contributed by atoms with E-state index >= 15 is 0 Å². The number of carbonyl (C=O) groups is 2. The zero-order chi connectivity index (χ0) is 24.9. The van der Waals surface area contributed by atoms with Crippen molar-refractivity contribution in [2.24, 2.45) is 11.8 Å². The van der Waals surface area contributed by atoms with Crippen LogP contribution in [0.25, 0.3) is 0 Å². The quantitative estimate of drug-likeness (QED) is 0.615. The molecule has 2 aliphatic rings. The first-order chi connectivity index (χ1) is 16.8. The van der Waals surface area contributed by atoms with Gasteiger partial charge in [0.2, 0.25) is 0 Å². The summed E-state index contributed by atoms with van der Waals surface area (Å²) in [5.41, 5.74) is 8.18. The predicted molar refractivity (Wildman–Crippen MR) is 137 cm³/mol. The Morgan fingerprint density at radius 1 is 1.20 bits per heavy atom. The minimum Gasteiger partial charge on any atom is -0.493 e. The van der Waals surface area contributed by atoms with Crippen molar-refractivity contribution in [2.75, 3.05) is 44.3 Å². The number of piperidine rings is 1. The van der Waals surface area contributed by atoms with Gasteiger partial charge in [-0.3, -0.25) is 9.59 Å². The molecule has 3 N–H and O–H groups in total. The van der Waals surface area contributed by atoms with Gasteiger partial charge in [0.1, 0.15) is 11.6 Å². The van der Waals surface area contributed by atoms with Crippen molar-refractivity contribution in [3.8, 4) is 5.75 Å². The molecule has 35 heavy (non-hydrogen) atoms. The van der Waals surface area contributed by atoms with Crippen molar-refractivity contribution in [3.63, 3.8) is 0 Å². The van der Waals surface area contributed by atoms with Crippen molar-refractivity contribution >= 4 is 23.3 Å². The van der Waals surface area contributed by atoms with Gasteiger partial charge in [-0.1, -0.05) is 26.0 Å². The van der Waals surface area contributed by atoms with E-state index in [4.69, 9.17) is 10.5 Å². The van der Waals surface area contributed by atoms with E-state index in [2.05, 4.69) is 29.2 Å². The van der Waals surface area contributed by atoms with Gasteiger partial charge in [0, 0.05) is 19.0 Å². The molecule has 3 atom stereocenters. The Morgan fingerprint density at radius 3 is 2.77 bits per heavy atom. The highest BCUT2D eigenvalue weighted by atomic mass is 16.5. The van der Waals surface area contributed by atoms with Crippen LogP contribution in [0.4, 0.5) is 11.5 Å². The molecule has 2 aliphatic heterocycles. The first-order valence-corrected chi connectivity index (χ1v) is 12.6. The van der Waals surface area contributed by atoms with Crippen LogP contribution in [0.5, 0.6) is 5.75 Å². The first kappa shape index (κ1) is 25.0. The van der Waals surface area contributed by atoms with Crippen LogP contribution in [0, 0.1) is 11.8 Å². The zero-order valence-electron chi connectivity index (χ0n) is 21.0. The number of hydrogen-bond donors (Lipinski definition) is 2. The number of rotatable bonds is 6. The number of nitrogens with two attached hydrogens (primary N) is 1. The molecule has 3 heterocycles. The molecule has 0 bridgehead atoms. The fourth-order valence-corrected chi connectivity index (χ4v) is 5.10. The fourth-order valence-electron chi connectivity index (χ4n) is 5.10. The Balaban J connectivity index is 1.46. The number of aromatic nitrogens is 1. The minimum atomic E-state index is -0.657. The van der Waals surface area contributed by atoms with Crippen LogP contribution in [-0.4, -0.2) is 59.9 Å². The molecule has 0 saturated carbocycles. The molecule has 2 saturated heterocycles. The smallest absolute Gasteiger partial charge is 0.313 e. The van der Waals surface area contributed by atoms with E-state index in [0.717, 1.165) is 49.2 Å². The van der Waals surface area contributed by atoms with Gasteiger partial charge in [0.05, 0.1) is 24.5 Å². The van der Waals surface area contributed by atoms with Crippen LogP contribution in [-0.2, 0) is 16.0 Å². The van der Waals surface area contributed by atoms with Gasteiger partial charge >= 0.3 is 11.8 Å². The number of nitrogen functional groups attached to an aromatic ring is 1. The minimum absolute atomic E-state index is 0.165. The van der Waals surface area contributed by atoms with Crippen LogP contribution < -0.4 is 15.8 Å². The lowest BCUT2D eigenvalue weighted by Gasteiger charge is -2.38. The lowest BCUT2D eigenvalue weighted by molar-refractivity contribution is -0.146. The van der Waals surface area contributed by atoms with E-state index in [0.29, 0.717) is 42.9 Å². The van der Waals surface area contributed by atoms with Crippen LogP contribution in [0.3, 0.4) is 0 Å². The number of hydrogen-bond acceptors (Lipinski definition) is 6. The number of amides is 2. The number of nitrogens with zero attached hydrogens (tertiary/aromatic N) is 3. The summed E-state index contributed by atoms with van der Waals surface area (Å²) >= 11 is 0. The zero-order valence-corrected chi connectivity index (χ0v) is 21.0. The lowest BCUT2D eigenvalue weighted by Crippen LogP contribution is -2.46. The van der Waals surface area contributed by atoms with Gasteiger partial charge in [-0.15, -0.1) is 0 Å². The van der Waals surface area contributed by atoms with E-state index in [1.807, 2.05) is 31.2 Å². The molecule has 8 nitrogen and oxygen atoms in total. The molecule has 0 aliphatic carbocycles. The Hall–Kier alpha value is -3.13. The number of benzene rings is 1. The molecule has 0 unspecified atom stereocenters. The van der Waals surface area contributed by atoms with E-state index in [9.17, 15) is 9.59 Å². The Labute approximate surface area is 207 Å². The second kappa shape index (κ2) is 11.1. The molecule has 0 radical (unpaired) electrons. The van der Waals surface area contributed by atoms with Crippen LogP contribution in [0.2, 0.25) is 0 Å². The van der Waals surface area contributed by atoms with Gasteiger partial charge < -0.3 is 25.6 Å². The summed E-state index contributed by atoms with van der Waals surface area (Å²) < 4.78 is 6.12. The van der Waals surface area contributed by atoms with Gasteiger partial charge in [-0.2, -0.15) is 0 Å². The van der Waals surface area contributed by atoms with Gasteiger partial charge in [-0.05, 0) is 74.5 Å². The third kappa shape index (κ3) is 6.11. The second-order valence-electron chi connectivity index (χ2n) is 10.0. The third-order valence-electron chi connectivity index (χ3n) is 7.13. The number of likely N-dealkylation sites (tertiary alicyclic amines) is 2. The summed E-state index contributed by atoms with van der Waals surface area (Å²) in [6.07, 6.45) is 5.13. The number of aryl methyl sites for hydroxylation is 1. The van der Waals surface area contributed by atoms with Crippen molar-refractivity contribution in [1.29, 1.82) is 0 Å². The largest absolute Gasteiger partial charge is 0.493 e. The molecule has 188 valence electrons. The Kier molecular flexibility index (Phi) is 7.90. The summed E-state index contributed by atoms with van der Waals surface area (Å²) in [5.74, 6) is 0.923. The highest BCUT2D eigenvalue weighted by molar-refractivity contribution is 6.39. The molecule has 1 aromatic heterocycles. The van der Waals surface area contributed by atoms with Crippen molar-refractivity contribution in [2.45, 2.75) is 45.6 Å². The molecule has 2 aromatic rings. The lowest BCUT2D eigenvalue weighted by atomic mass is 9.89. The molecule has 2 amide bonds. The Morgan fingerprint density at radius 2 is 2.03 bits per heavy atom. The topological polar surface area (TPSA) is 101 Å². The van der Waals surface area contributed by atoms with E-state index in [-0.39, 0.29) is 6.04 Å². The summed E-state index contributed by atoms with van der Waals surface area (Å²) in [4.78, 5) is 34.4. The molecular formula is C27H37N5O3. The molecule has 0 spiro atoms. The number of anilines is 2. The van der Waals surface area contributed by atoms with E-state index in [1.54, 1.807) is 11.0 Å². The molecular weight excluding hydrogens is 442 g/mol. The fraction of sp³-hybridized carbons (Fsp3) is 0.519. The number of pyridine rings is 1. The second-order valence-corrected chi connectivity index (χ2v) is 10.0. The summed E-state index contributed by atoms with van der Waals surface area (Å²) in [6, 6.07) is 9.58. The van der Waals surface area contributed by atoms with Gasteiger partial charge in [0.15, 0.2) is 0 Å². The monoisotopic (exact) mass is 479 g/mol. The van der Waals surface area contributed by atoms with Crippen LogP contribution in [0.15, 0.2) is 36.5 Å². The maximum atomic E-state index is 13.3. The number of ether oxygens (including phenoxy) is 1. The molecule has 1 aromatic carbocycles.